The summed E-state index contributed by atoms with van der Waals surface area (Å²) in [5.41, 5.74) is 2.31. The molecule has 3 rings (SSSR count). The first-order valence-corrected chi connectivity index (χ1v) is 6.91. The van der Waals surface area contributed by atoms with Crippen molar-refractivity contribution in [3.8, 4) is 0 Å². The van der Waals surface area contributed by atoms with E-state index in [9.17, 15) is 0 Å². The van der Waals surface area contributed by atoms with E-state index in [4.69, 9.17) is 4.52 Å². The van der Waals surface area contributed by atoms with E-state index in [2.05, 4.69) is 42.6 Å². The predicted molar refractivity (Wildman–Crippen MR) is 75.1 cm³/mol. The standard InChI is InChI=1S/C15H15NOS/c1-15(2,14-7-4-8-18-14)9-11-5-3-6-13-12(11)10-16-17-13/h3-8,10H,9H2,1-2H3. The van der Waals surface area contributed by atoms with Crippen LogP contribution in [0.2, 0.25) is 0 Å². The van der Waals surface area contributed by atoms with Crippen LogP contribution in [0.1, 0.15) is 24.3 Å². The van der Waals surface area contributed by atoms with Gasteiger partial charge < -0.3 is 4.52 Å². The molecule has 0 spiro atoms. The highest BCUT2D eigenvalue weighted by Crippen LogP contribution is 2.33. The third kappa shape index (κ3) is 1.95. The zero-order valence-electron chi connectivity index (χ0n) is 10.5. The lowest BCUT2D eigenvalue weighted by molar-refractivity contribution is 0.456. The Balaban J connectivity index is 1.99. The van der Waals surface area contributed by atoms with Crippen LogP contribution in [0, 0.1) is 0 Å². The highest BCUT2D eigenvalue weighted by Gasteiger charge is 2.23. The van der Waals surface area contributed by atoms with Crippen molar-refractivity contribution in [2.45, 2.75) is 25.7 Å². The number of hydrogen-bond donors (Lipinski definition) is 0. The van der Waals surface area contributed by atoms with E-state index in [1.807, 2.05) is 29.7 Å². The normalized spacial score (nSPS) is 12.1. The summed E-state index contributed by atoms with van der Waals surface area (Å²) in [5.74, 6) is 0. The average molecular weight is 257 g/mol. The summed E-state index contributed by atoms with van der Waals surface area (Å²) < 4.78 is 5.22. The summed E-state index contributed by atoms with van der Waals surface area (Å²) in [5, 5.41) is 7.15. The molecule has 0 amide bonds. The van der Waals surface area contributed by atoms with Crippen LogP contribution in [0.15, 0.2) is 46.4 Å². The van der Waals surface area contributed by atoms with Crippen LogP contribution < -0.4 is 0 Å². The lowest BCUT2D eigenvalue weighted by atomic mass is 9.83. The van der Waals surface area contributed by atoms with Gasteiger partial charge in [0, 0.05) is 15.7 Å². The number of rotatable bonds is 3. The molecule has 2 heterocycles. The minimum Gasteiger partial charge on any atom is -0.356 e. The topological polar surface area (TPSA) is 26.0 Å². The molecule has 18 heavy (non-hydrogen) atoms. The lowest BCUT2D eigenvalue weighted by Crippen LogP contribution is -2.18. The minimum atomic E-state index is 0.139. The van der Waals surface area contributed by atoms with E-state index in [0.29, 0.717) is 0 Å². The van der Waals surface area contributed by atoms with Crippen LogP contribution in [-0.2, 0) is 11.8 Å². The number of hydrogen-bond acceptors (Lipinski definition) is 3. The highest BCUT2D eigenvalue weighted by molar-refractivity contribution is 7.10. The van der Waals surface area contributed by atoms with Crippen LogP contribution >= 0.6 is 11.3 Å². The molecule has 0 atom stereocenters. The number of benzene rings is 1. The van der Waals surface area contributed by atoms with Gasteiger partial charge in [0.15, 0.2) is 5.58 Å². The molecule has 3 heteroatoms. The van der Waals surface area contributed by atoms with E-state index >= 15 is 0 Å². The van der Waals surface area contributed by atoms with Crippen LogP contribution in [0.5, 0.6) is 0 Å². The third-order valence-corrected chi connectivity index (χ3v) is 4.55. The van der Waals surface area contributed by atoms with Crippen molar-refractivity contribution in [1.29, 1.82) is 0 Å². The molecule has 0 saturated heterocycles. The summed E-state index contributed by atoms with van der Waals surface area (Å²) in [7, 11) is 0. The van der Waals surface area contributed by atoms with Crippen molar-refractivity contribution in [2.24, 2.45) is 0 Å². The maximum absolute atomic E-state index is 5.22. The van der Waals surface area contributed by atoms with Gasteiger partial charge in [-0.2, -0.15) is 0 Å². The molecule has 92 valence electrons. The Kier molecular flexibility index (Phi) is 2.71. The van der Waals surface area contributed by atoms with Gasteiger partial charge in [0.05, 0.1) is 6.20 Å². The van der Waals surface area contributed by atoms with Gasteiger partial charge in [-0.15, -0.1) is 11.3 Å². The van der Waals surface area contributed by atoms with Gasteiger partial charge in [-0.05, 0) is 29.5 Å². The zero-order chi connectivity index (χ0) is 12.6. The number of thiophene rings is 1. The maximum Gasteiger partial charge on any atom is 0.167 e. The molecule has 1 aromatic carbocycles. The van der Waals surface area contributed by atoms with Crippen LogP contribution in [0.3, 0.4) is 0 Å². The van der Waals surface area contributed by atoms with Crippen LogP contribution in [-0.4, -0.2) is 5.16 Å². The van der Waals surface area contributed by atoms with Gasteiger partial charge in [-0.1, -0.05) is 37.2 Å². The van der Waals surface area contributed by atoms with Crippen molar-refractivity contribution >= 4 is 22.3 Å². The Labute approximate surface area is 110 Å². The summed E-state index contributed by atoms with van der Waals surface area (Å²) >= 11 is 1.82. The summed E-state index contributed by atoms with van der Waals surface area (Å²) in [6, 6.07) is 10.5. The van der Waals surface area contributed by atoms with Gasteiger partial charge in [-0.25, -0.2) is 0 Å². The van der Waals surface area contributed by atoms with Crippen molar-refractivity contribution in [3.05, 3.63) is 52.3 Å². The molecule has 0 radical (unpaired) electrons. The molecular formula is C15H15NOS. The fourth-order valence-electron chi connectivity index (χ4n) is 2.33. The molecule has 0 saturated carbocycles. The van der Waals surface area contributed by atoms with Crippen molar-refractivity contribution in [1.82, 2.24) is 5.16 Å². The van der Waals surface area contributed by atoms with E-state index in [1.165, 1.54) is 10.4 Å². The Bertz CT molecular complexity index is 652. The number of nitrogens with zero attached hydrogens (tertiary/aromatic N) is 1. The van der Waals surface area contributed by atoms with E-state index in [0.717, 1.165) is 17.4 Å². The Morgan fingerprint density at radius 1 is 1.22 bits per heavy atom. The summed E-state index contributed by atoms with van der Waals surface area (Å²) in [4.78, 5) is 1.41. The van der Waals surface area contributed by atoms with Gasteiger partial charge in [0.2, 0.25) is 0 Å². The molecule has 0 fully saturated rings. The Hall–Kier alpha value is -1.61. The second-order valence-electron chi connectivity index (χ2n) is 5.19. The highest BCUT2D eigenvalue weighted by atomic mass is 32.1. The zero-order valence-corrected chi connectivity index (χ0v) is 11.3. The minimum absolute atomic E-state index is 0.139. The molecule has 2 nitrogen and oxygen atoms in total. The second kappa shape index (κ2) is 4.25. The van der Waals surface area contributed by atoms with E-state index in [-0.39, 0.29) is 5.41 Å². The van der Waals surface area contributed by atoms with E-state index < -0.39 is 0 Å². The first-order chi connectivity index (χ1) is 8.67. The lowest BCUT2D eigenvalue weighted by Gasteiger charge is -2.23. The summed E-state index contributed by atoms with van der Waals surface area (Å²) in [6.45, 7) is 4.57. The first kappa shape index (κ1) is 11.5. The third-order valence-electron chi connectivity index (χ3n) is 3.31. The average Bonchev–Trinajstić information content (AvgIpc) is 3.00. The largest absolute Gasteiger partial charge is 0.356 e. The Morgan fingerprint density at radius 3 is 2.89 bits per heavy atom. The Morgan fingerprint density at radius 2 is 2.11 bits per heavy atom. The molecule has 0 aliphatic rings. The smallest absolute Gasteiger partial charge is 0.167 e. The van der Waals surface area contributed by atoms with E-state index in [1.54, 1.807) is 0 Å². The van der Waals surface area contributed by atoms with Crippen molar-refractivity contribution in [3.63, 3.8) is 0 Å². The van der Waals surface area contributed by atoms with Crippen molar-refractivity contribution < 1.29 is 4.52 Å². The van der Waals surface area contributed by atoms with Crippen LogP contribution in [0.25, 0.3) is 11.0 Å². The van der Waals surface area contributed by atoms with Gasteiger partial charge in [-0.3, -0.25) is 0 Å². The molecule has 2 aromatic heterocycles. The first-order valence-electron chi connectivity index (χ1n) is 6.03. The second-order valence-corrected chi connectivity index (χ2v) is 6.14. The number of fused-ring (bicyclic) bond motifs is 1. The SMILES string of the molecule is CC(C)(Cc1cccc2oncc12)c1cccs1. The van der Waals surface area contributed by atoms with Crippen molar-refractivity contribution in [2.75, 3.05) is 0 Å². The molecular weight excluding hydrogens is 242 g/mol. The predicted octanol–water partition coefficient (Wildman–Crippen LogP) is 4.41. The fraction of sp³-hybridized carbons (Fsp3) is 0.267. The van der Waals surface area contributed by atoms with Crippen LogP contribution in [0.4, 0.5) is 0 Å². The van der Waals surface area contributed by atoms with Gasteiger partial charge >= 0.3 is 0 Å². The molecule has 0 aliphatic heterocycles. The molecule has 0 unspecified atom stereocenters. The molecule has 3 aromatic rings. The van der Waals surface area contributed by atoms with Gasteiger partial charge in [0.25, 0.3) is 0 Å². The summed E-state index contributed by atoms with van der Waals surface area (Å²) in [6.07, 6.45) is 2.81. The molecule has 0 aliphatic carbocycles. The number of aromatic nitrogens is 1. The van der Waals surface area contributed by atoms with Gasteiger partial charge in [0.1, 0.15) is 0 Å². The monoisotopic (exact) mass is 257 g/mol. The molecule has 0 N–H and O–H groups in total. The quantitative estimate of drug-likeness (QED) is 0.694. The fourth-order valence-corrected chi connectivity index (χ4v) is 3.18. The maximum atomic E-state index is 5.22. The molecule has 0 bridgehead atoms.